The van der Waals surface area contributed by atoms with E-state index in [-0.39, 0.29) is 19.1 Å². The summed E-state index contributed by atoms with van der Waals surface area (Å²) >= 11 is 0. The molecule has 0 aliphatic heterocycles. The maximum Gasteiger partial charge on any atom is 0.326 e. The lowest BCUT2D eigenvalue weighted by atomic mass is 10.2. The first-order valence-corrected chi connectivity index (χ1v) is 5.91. The quantitative estimate of drug-likeness (QED) is 0.610. The topological polar surface area (TPSA) is 112 Å². The van der Waals surface area contributed by atoms with E-state index in [1.54, 1.807) is 26.0 Å². The molecule has 106 valence electrons. The van der Waals surface area contributed by atoms with Crippen molar-refractivity contribution in [2.24, 2.45) is 0 Å². The number of carbonyl (C=O) groups is 2. The highest BCUT2D eigenvalue weighted by Gasteiger charge is 2.20. The summed E-state index contributed by atoms with van der Waals surface area (Å²) < 4.78 is 5.35. The van der Waals surface area contributed by atoms with Gasteiger partial charge in [-0.25, -0.2) is 9.59 Å². The summed E-state index contributed by atoms with van der Waals surface area (Å²) in [6.07, 6.45) is -0.0446. The zero-order valence-corrected chi connectivity index (χ0v) is 10.8. The van der Waals surface area contributed by atoms with E-state index in [9.17, 15) is 9.59 Å². The first kappa shape index (κ1) is 15.0. The predicted molar refractivity (Wildman–Crippen MR) is 66.7 cm³/mol. The van der Waals surface area contributed by atoms with E-state index in [1.807, 2.05) is 0 Å². The molecule has 19 heavy (non-hydrogen) atoms. The lowest BCUT2D eigenvalue weighted by molar-refractivity contribution is -0.139. The number of aliphatic hydroxyl groups excluding tert-OH is 1. The van der Waals surface area contributed by atoms with Gasteiger partial charge in [-0.2, -0.15) is 0 Å². The standard InChI is InChI=1S/C12H18N2O5/c1-7-3-4-10(19-7)8(2)13-12(18)14-9(5-6-15)11(16)17/h3-4,8-9,15H,5-6H2,1-2H3,(H,16,17)(H2,13,14,18)/t8?,9-/m0/s1. The third-order valence-electron chi connectivity index (χ3n) is 2.56. The fourth-order valence-corrected chi connectivity index (χ4v) is 1.54. The Kier molecular flexibility index (Phi) is 5.37. The third kappa shape index (κ3) is 4.63. The lowest BCUT2D eigenvalue weighted by Crippen LogP contribution is -2.46. The van der Waals surface area contributed by atoms with E-state index in [0.29, 0.717) is 5.76 Å². The van der Waals surface area contributed by atoms with E-state index in [4.69, 9.17) is 14.6 Å². The van der Waals surface area contributed by atoms with Gasteiger partial charge in [0, 0.05) is 13.0 Å². The number of carbonyl (C=O) groups excluding carboxylic acids is 1. The van der Waals surface area contributed by atoms with Crippen molar-refractivity contribution in [3.8, 4) is 0 Å². The molecule has 7 nitrogen and oxygen atoms in total. The summed E-state index contributed by atoms with van der Waals surface area (Å²) in [7, 11) is 0. The van der Waals surface area contributed by atoms with Gasteiger partial charge in [0.05, 0.1) is 6.04 Å². The van der Waals surface area contributed by atoms with Crippen molar-refractivity contribution in [1.29, 1.82) is 0 Å². The summed E-state index contributed by atoms with van der Waals surface area (Å²) in [5.41, 5.74) is 0. The second-order valence-electron chi connectivity index (χ2n) is 4.19. The Morgan fingerprint density at radius 1 is 1.37 bits per heavy atom. The molecular weight excluding hydrogens is 252 g/mol. The smallest absolute Gasteiger partial charge is 0.326 e. The zero-order chi connectivity index (χ0) is 14.4. The molecule has 1 aromatic heterocycles. The summed E-state index contributed by atoms with van der Waals surface area (Å²) in [5, 5.41) is 22.4. The Morgan fingerprint density at radius 3 is 2.53 bits per heavy atom. The monoisotopic (exact) mass is 270 g/mol. The highest BCUT2D eigenvalue weighted by molar-refractivity contribution is 5.82. The molecule has 1 aromatic rings. The molecule has 7 heteroatoms. The summed E-state index contributed by atoms with van der Waals surface area (Å²) in [4.78, 5) is 22.4. The molecular formula is C12H18N2O5. The Labute approximate surface area is 110 Å². The zero-order valence-electron chi connectivity index (χ0n) is 10.8. The first-order chi connectivity index (χ1) is 8.93. The average Bonchev–Trinajstić information content (AvgIpc) is 2.75. The number of aliphatic carboxylic acids is 1. The number of carboxylic acids is 1. The van der Waals surface area contributed by atoms with Gasteiger partial charge in [0.15, 0.2) is 0 Å². The van der Waals surface area contributed by atoms with Gasteiger partial charge in [-0.05, 0) is 26.0 Å². The Hall–Kier alpha value is -2.02. The van der Waals surface area contributed by atoms with Crippen LogP contribution >= 0.6 is 0 Å². The molecule has 0 saturated carbocycles. The molecule has 0 fully saturated rings. The normalized spacial score (nSPS) is 13.6. The van der Waals surface area contributed by atoms with Crippen LogP contribution in [0.4, 0.5) is 4.79 Å². The highest BCUT2D eigenvalue weighted by Crippen LogP contribution is 2.15. The predicted octanol–water partition coefficient (Wildman–Crippen LogP) is 0.784. The van der Waals surface area contributed by atoms with Crippen LogP contribution in [0.3, 0.4) is 0 Å². The second kappa shape index (κ2) is 6.79. The van der Waals surface area contributed by atoms with Crippen LogP contribution in [-0.2, 0) is 4.79 Å². The van der Waals surface area contributed by atoms with E-state index in [0.717, 1.165) is 5.76 Å². The Morgan fingerprint density at radius 2 is 2.05 bits per heavy atom. The molecule has 0 aliphatic rings. The number of urea groups is 1. The van der Waals surface area contributed by atoms with Crippen LogP contribution < -0.4 is 10.6 Å². The van der Waals surface area contributed by atoms with Crippen LogP contribution in [0.2, 0.25) is 0 Å². The van der Waals surface area contributed by atoms with Gasteiger partial charge < -0.3 is 25.3 Å². The SMILES string of the molecule is Cc1ccc(C(C)NC(=O)N[C@@H](CCO)C(=O)O)o1. The molecule has 2 atom stereocenters. The molecule has 1 rings (SSSR count). The largest absolute Gasteiger partial charge is 0.480 e. The molecule has 0 aliphatic carbocycles. The van der Waals surface area contributed by atoms with Crippen molar-refractivity contribution in [3.05, 3.63) is 23.7 Å². The summed E-state index contributed by atoms with van der Waals surface area (Å²) in [6, 6.07) is 1.40. The van der Waals surface area contributed by atoms with Gasteiger partial charge in [-0.3, -0.25) is 0 Å². The van der Waals surface area contributed by atoms with Gasteiger partial charge in [0.2, 0.25) is 0 Å². The van der Waals surface area contributed by atoms with Gasteiger partial charge in [-0.1, -0.05) is 0 Å². The number of hydrogen-bond donors (Lipinski definition) is 4. The van der Waals surface area contributed by atoms with Crippen LogP contribution in [0.1, 0.15) is 30.9 Å². The molecule has 0 spiro atoms. The van der Waals surface area contributed by atoms with E-state index in [2.05, 4.69) is 10.6 Å². The third-order valence-corrected chi connectivity index (χ3v) is 2.56. The minimum absolute atomic E-state index is 0.0446. The van der Waals surface area contributed by atoms with Gasteiger partial charge >= 0.3 is 12.0 Å². The Bertz CT molecular complexity index is 443. The fourth-order valence-electron chi connectivity index (χ4n) is 1.54. The maximum absolute atomic E-state index is 11.6. The summed E-state index contributed by atoms with van der Waals surface area (Å²) in [5.74, 6) is 0.125. The van der Waals surface area contributed by atoms with Crippen molar-refractivity contribution < 1.29 is 24.2 Å². The minimum Gasteiger partial charge on any atom is -0.480 e. The Balaban J connectivity index is 2.52. The van der Waals surface area contributed by atoms with Crippen LogP contribution in [0.5, 0.6) is 0 Å². The van der Waals surface area contributed by atoms with E-state index >= 15 is 0 Å². The first-order valence-electron chi connectivity index (χ1n) is 5.91. The molecule has 1 heterocycles. The molecule has 0 radical (unpaired) electrons. The number of hydrogen-bond acceptors (Lipinski definition) is 4. The maximum atomic E-state index is 11.6. The number of furan rings is 1. The molecule has 0 saturated heterocycles. The number of aryl methyl sites for hydroxylation is 1. The van der Waals surface area contributed by atoms with Gasteiger partial charge in [-0.15, -0.1) is 0 Å². The van der Waals surface area contributed by atoms with Crippen molar-refractivity contribution in [1.82, 2.24) is 10.6 Å². The molecule has 4 N–H and O–H groups in total. The summed E-state index contributed by atoms with van der Waals surface area (Å²) in [6.45, 7) is 3.20. The molecule has 2 amide bonds. The van der Waals surface area contributed by atoms with Crippen molar-refractivity contribution in [3.63, 3.8) is 0 Å². The van der Waals surface area contributed by atoms with Crippen molar-refractivity contribution in [2.45, 2.75) is 32.4 Å². The fraction of sp³-hybridized carbons (Fsp3) is 0.500. The number of nitrogens with one attached hydrogen (secondary N) is 2. The molecule has 0 bridgehead atoms. The lowest BCUT2D eigenvalue weighted by Gasteiger charge is -2.16. The van der Waals surface area contributed by atoms with Crippen LogP contribution in [-0.4, -0.2) is 34.9 Å². The molecule has 0 aromatic carbocycles. The van der Waals surface area contributed by atoms with Crippen molar-refractivity contribution >= 4 is 12.0 Å². The van der Waals surface area contributed by atoms with Crippen LogP contribution in [0, 0.1) is 6.92 Å². The highest BCUT2D eigenvalue weighted by atomic mass is 16.4. The number of amides is 2. The molecule has 1 unspecified atom stereocenters. The van der Waals surface area contributed by atoms with E-state index < -0.39 is 18.0 Å². The average molecular weight is 270 g/mol. The number of aliphatic hydroxyl groups is 1. The number of rotatable bonds is 6. The van der Waals surface area contributed by atoms with Gasteiger partial charge in [0.25, 0.3) is 0 Å². The van der Waals surface area contributed by atoms with Crippen molar-refractivity contribution in [2.75, 3.05) is 6.61 Å². The van der Waals surface area contributed by atoms with Gasteiger partial charge in [0.1, 0.15) is 17.6 Å². The van der Waals surface area contributed by atoms with Crippen LogP contribution in [0.15, 0.2) is 16.5 Å². The minimum atomic E-state index is -1.19. The number of carboxylic acid groups (broad SMARTS) is 1. The van der Waals surface area contributed by atoms with E-state index in [1.165, 1.54) is 0 Å². The second-order valence-corrected chi connectivity index (χ2v) is 4.19. The van der Waals surface area contributed by atoms with Crippen LogP contribution in [0.25, 0.3) is 0 Å².